The average molecular weight is 250 g/mol. The normalized spacial score (nSPS) is 11.3. The molecule has 0 amide bonds. The molecule has 1 N–H and O–H groups in total. The number of azo groups is 1. The first-order valence-corrected chi connectivity index (χ1v) is 5.69. The van der Waals surface area contributed by atoms with Gasteiger partial charge in [0.1, 0.15) is 12.1 Å². The Morgan fingerprint density at radius 1 is 1.18 bits per heavy atom. The summed E-state index contributed by atoms with van der Waals surface area (Å²) in [6.45, 7) is 0. The maximum Gasteiger partial charge on any atom is 0.294 e. The van der Waals surface area contributed by atoms with E-state index in [0.717, 1.165) is 12.1 Å². The van der Waals surface area contributed by atoms with Gasteiger partial charge in [0, 0.05) is 0 Å². The van der Waals surface area contributed by atoms with Crippen molar-refractivity contribution in [2.75, 3.05) is 0 Å². The Morgan fingerprint density at radius 2 is 1.71 bits per heavy atom. The predicted octanol–water partition coefficient (Wildman–Crippen LogP) is 1.43. The fraction of sp³-hybridized carbons (Fsp3) is 0.111. The van der Waals surface area contributed by atoms with Crippen molar-refractivity contribution < 1.29 is 13.0 Å². The highest BCUT2D eigenvalue weighted by atomic mass is 32.2. The van der Waals surface area contributed by atoms with E-state index >= 15 is 0 Å². The average Bonchev–Trinajstić information content (AvgIpc) is 2.30. The van der Waals surface area contributed by atoms with Crippen LogP contribution in [0.4, 0.5) is 5.69 Å². The second-order valence-corrected chi connectivity index (χ2v) is 4.27. The molecular formula is C9H6N4O3S. The Kier molecular flexibility index (Phi) is 3.88. The lowest BCUT2D eigenvalue weighted by atomic mass is 10.3. The maximum absolute atomic E-state index is 10.7. The SMILES string of the molecule is N#CC(C#N)N=Nc1ccc(S(=O)(=O)O)cc1. The first kappa shape index (κ1) is 12.8. The molecule has 0 fully saturated rings. The van der Waals surface area contributed by atoms with Gasteiger partial charge in [-0.15, -0.1) is 0 Å². The van der Waals surface area contributed by atoms with E-state index in [9.17, 15) is 8.42 Å². The van der Waals surface area contributed by atoms with Gasteiger partial charge >= 0.3 is 0 Å². The Morgan fingerprint density at radius 3 is 2.12 bits per heavy atom. The number of hydrogen-bond acceptors (Lipinski definition) is 6. The summed E-state index contributed by atoms with van der Waals surface area (Å²) >= 11 is 0. The Bertz CT molecular complexity index is 593. The maximum atomic E-state index is 10.7. The van der Waals surface area contributed by atoms with Crippen LogP contribution in [0, 0.1) is 22.7 Å². The molecule has 0 radical (unpaired) electrons. The molecule has 0 aliphatic carbocycles. The Labute approximate surface area is 97.4 Å². The third kappa shape index (κ3) is 3.65. The molecule has 1 aromatic rings. The van der Waals surface area contributed by atoms with Crippen LogP contribution < -0.4 is 0 Å². The van der Waals surface area contributed by atoms with Gasteiger partial charge in [0.15, 0.2) is 0 Å². The monoisotopic (exact) mass is 250 g/mol. The highest BCUT2D eigenvalue weighted by Crippen LogP contribution is 2.16. The van der Waals surface area contributed by atoms with Gasteiger partial charge in [0.25, 0.3) is 10.1 Å². The van der Waals surface area contributed by atoms with E-state index < -0.39 is 16.2 Å². The Hall–Kier alpha value is -2.29. The third-order valence-electron chi connectivity index (χ3n) is 1.67. The number of rotatable bonds is 3. The van der Waals surface area contributed by atoms with Crippen molar-refractivity contribution >= 4 is 15.8 Å². The minimum absolute atomic E-state index is 0.270. The fourth-order valence-electron chi connectivity index (χ4n) is 0.890. The predicted molar refractivity (Wildman–Crippen MR) is 55.8 cm³/mol. The number of hydrogen-bond donors (Lipinski definition) is 1. The molecule has 0 aliphatic heterocycles. The second-order valence-electron chi connectivity index (χ2n) is 2.85. The van der Waals surface area contributed by atoms with Crippen molar-refractivity contribution in [1.29, 1.82) is 10.5 Å². The summed E-state index contributed by atoms with van der Waals surface area (Å²) in [5.41, 5.74) is 0.271. The summed E-state index contributed by atoms with van der Waals surface area (Å²) in [6, 6.07) is 6.86. The molecule has 0 saturated heterocycles. The quantitative estimate of drug-likeness (QED) is 0.641. The summed E-state index contributed by atoms with van der Waals surface area (Å²) in [5.74, 6) is 0. The highest BCUT2D eigenvalue weighted by molar-refractivity contribution is 7.85. The molecule has 1 rings (SSSR count). The van der Waals surface area contributed by atoms with Gasteiger partial charge in [-0.1, -0.05) is 0 Å². The van der Waals surface area contributed by atoms with Gasteiger partial charge in [-0.05, 0) is 24.3 Å². The lowest BCUT2D eigenvalue weighted by Gasteiger charge is -1.96. The first-order valence-electron chi connectivity index (χ1n) is 4.25. The van der Waals surface area contributed by atoms with Crippen LogP contribution in [0.5, 0.6) is 0 Å². The molecule has 0 aliphatic rings. The van der Waals surface area contributed by atoms with Crippen molar-refractivity contribution in [2.24, 2.45) is 10.2 Å². The molecule has 17 heavy (non-hydrogen) atoms. The molecule has 86 valence electrons. The molecule has 0 atom stereocenters. The number of nitrogens with zero attached hydrogens (tertiary/aromatic N) is 4. The lowest BCUT2D eigenvalue weighted by Crippen LogP contribution is -1.96. The van der Waals surface area contributed by atoms with Gasteiger partial charge in [0.05, 0.1) is 10.6 Å². The van der Waals surface area contributed by atoms with Crippen LogP contribution in [-0.2, 0) is 10.1 Å². The largest absolute Gasteiger partial charge is 0.294 e. The summed E-state index contributed by atoms with van der Waals surface area (Å²) in [6.07, 6.45) is 0. The summed E-state index contributed by atoms with van der Waals surface area (Å²) in [7, 11) is -4.24. The van der Waals surface area contributed by atoms with E-state index in [2.05, 4.69) is 10.2 Å². The molecule has 0 unspecified atom stereocenters. The summed E-state index contributed by atoms with van der Waals surface area (Å²) in [5, 5.41) is 23.8. The van der Waals surface area contributed by atoms with Crippen LogP contribution in [0.25, 0.3) is 0 Å². The molecule has 8 heteroatoms. The zero-order chi connectivity index (χ0) is 12.9. The summed E-state index contributed by atoms with van der Waals surface area (Å²) < 4.78 is 30.1. The minimum atomic E-state index is -4.24. The number of benzene rings is 1. The first-order chi connectivity index (χ1) is 7.97. The van der Waals surface area contributed by atoms with E-state index in [1.165, 1.54) is 12.1 Å². The van der Waals surface area contributed by atoms with Crippen LogP contribution in [0.15, 0.2) is 39.4 Å². The van der Waals surface area contributed by atoms with Crippen molar-refractivity contribution in [3.63, 3.8) is 0 Å². The van der Waals surface area contributed by atoms with Crippen molar-refractivity contribution in [3.8, 4) is 12.1 Å². The van der Waals surface area contributed by atoms with Gasteiger partial charge in [0.2, 0.25) is 6.04 Å². The fourth-order valence-corrected chi connectivity index (χ4v) is 1.37. The van der Waals surface area contributed by atoms with Gasteiger partial charge in [-0.2, -0.15) is 29.2 Å². The topological polar surface area (TPSA) is 127 Å². The third-order valence-corrected chi connectivity index (χ3v) is 2.54. The van der Waals surface area contributed by atoms with Crippen molar-refractivity contribution in [1.82, 2.24) is 0 Å². The number of nitriles is 2. The molecule has 0 heterocycles. The second kappa shape index (κ2) is 5.16. The van der Waals surface area contributed by atoms with Crippen LogP contribution in [0.3, 0.4) is 0 Å². The molecule has 0 aromatic heterocycles. The standard InChI is InChI=1S/C9H6N4O3S/c10-5-8(6-11)13-12-7-1-3-9(4-2-7)17(14,15)16/h1-4,8H,(H,14,15,16). The van der Waals surface area contributed by atoms with E-state index in [-0.39, 0.29) is 10.6 Å². The van der Waals surface area contributed by atoms with Crippen LogP contribution in [-0.4, -0.2) is 19.0 Å². The van der Waals surface area contributed by atoms with Gasteiger partial charge < -0.3 is 0 Å². The zero-order valence-corrected chi connectivity index (χ0v) is 9.16. The smallest absolute Gasteiger partial charge is 0.282 e. The molecule has 0 spiro atoms. The van der Waals surface area contributed by atoms with Crippen LogP contribution >= 0.6 is 0 Å². The molecule has 1 aromatic carbocycles. The van der Waals surface area contributed by atoms with Crippen molar-refractivity contribution in [3.05, 3.63) is 24.3 Å². The van der Waals surface area contributed by atoms with E-state index in [1.54, 1.807) is 12.1 Å². The zero-order valence-electron chi connectivity index (χ0n) is 8.35. The molecule has 0 saturated carbocycles. The van der Waals surface area contributed by atoms with E-state index in [0.29, 0.717) is 0 Å². The van der Waals surface area contributed by atoms with E-state index in [4.69, 9.17) is 15.1 Å². The van der Waals surface area contributed by atoms with E-state index in [1.807, 2.05) is 0 Å². The highest BCUT2D eigenvalue weighted by Gasteiger charge is 2.08. The minimum Gasteiger partial charge on any atom is -0.282 e. The lowest BCUT2D eigenvalue weighted by molar-refractivity contribution is 0.483. The van der Waals surface area contributed by atoms with Gasteiger partial charge in [-0.3, -0.25) is 4.55 Å². The summed E-state index contributed by atoms with van der Waals surface area (Å²) in [4.78, 5) is -0.270. The van der Waals surface area contributed by atoms with Crippen LogP contribution in [0.2, 0.25) is 0 Å². The molecule has 0 bridgehead atoms. The van der Waals surface area contributed by atoms with Crippen LogP contribution in [0.1, 0.15) is 0 Å². The molecule has 7 nitrogen and oxygen atoms in total. The van der Waals surface area contributed by atoms with Gasteiger partial charge in [-0.25, -0.2) is 0 Å². The molecular weight excluding hydrogens is 244 g/mol. The van der Waals surface area contributed by atoms with Crippen molar-refractivity contribution in [2.45, 2.75) is 10.9 Å². The Balaban J connectivity index is 2.92.